The van der Waals surface area contributed by atoms with E-state index in [9.17, 15) is 18.0 Å². The molecule has 0 amide bonds. The van der Waals surface area contributed by atoms with Gasteiger partial charge in [0.05, 0.1) is 17.8 Å². The Hall–Kier alpha value is -2.15. The molecule has 0 aromatic heterocycles. The molecule has 0 bridgehead atoms. The summed E-state index contributed by atoms with van der Waals surface area (Å²) in [7, 11) is -4.33. The fourth-order valence-corrected chi connectivity index (χ4v) is 10.1. The number of unbranched alkanes of at least 4 members (excludes halogenated alkanes) is 1. The second-order valence-electron chi connectivity index (χ2n) is 14.2. The van der Waals surface area contributed by atoms with E-state index in [4.69, 9.17) is 18.3 Å². The molecule has 2 unspecified atom stereocenters. The molecule has 0 N–H and O–H groups in total. The number of carbonyl (C=O) groups is 1. The van der Waals surface area contributed by atoms with Gasteiger partial charge in [0.15, 0.2) is 16.6 Å². The van der Waals surface area contributed by atoms with Crippen molar-refractivity contribution in [2.75, 3.05) is 6.61 Å². The lowest BCUT2D eigenvalue weighted by Crippen LogP contribution is -2.45. The first kappa shape index (κ1) is 41.0. The molecule has 10 heteroatoms. The van der Waals surface area contributed by atoms with Gasteiger partial charge < -0.3 is 18.3 Å². The Balaban J connectivity index is 2.48. The van der Waals surface area contributed by atoms with Gasteiger partial charge in [-0.05, 0) is 73.7 Å². The number of benzene rings is 1. The zero-order valence-electron chi connectivity index (χ0n) is 30.0. The fraction of sp³-hybridized carbons (Fsp3) is 0.649. The van der Waals surface area contributed by atoms with Crippen LogP contribution < -0.4 is 4.74 Å². The first-order valence-corrected chi connectivity index (χ1v) is 22.6. The molecule has 1 aromatic carbocycles. The van der Waals surface area contributed by atoms with E-state index in [0.29, 0.717) is 25.7 Å². The van der Waals surface area contributed by atoms with E-state index in [1.54, 1.807) is 6.08 Å². The molecule has 0 radical (unpaired) electrons. The van der Waals surface area contributed by atoms with E-state index in [-0.39, 0.29) is 47.4 Å². The standard InChI is InChI=1S/C37H59F3O5Si2/c1-11-16-17-22-35(41)43-33-26-34(45-46(9,10)36(6,7)8)32(31(33)19-12-2)24-23-30(44-47(13-3,14-4)15-5)27-42-29-21-18-20-28(25-29)37(38,39)40/h11-12,18,20-21,23-25,30-34H,1-2,13-17,19,22,26-27H2,3-10H3/b24-23+/t30?,31-,32-,33+,34?/m1/s1. The summed E-state index contributed by atoms with van der Waals surface area (Å²) in [6.07, 6.45) is 5.34. The SMILES string of the molecule is C=CCCCC(=O)O[C@H]1CC(O[Si](C)(C)C(C)(C)C)[C@H](/C=C/C(COc2cccc(C(F)(F)F)c2)O[Si](CC)(CC)CC)[C@H]1CC=C. The van der Waals surface area contributed by atoms with Crippen LogP contribution in [0.1, 0.15) is 79.2 Å². The van der Waals surface area contributed by atoms with Crippen molar-refractivity contribution >= 4 is 22.6 Å². The van der Waals surface area contributed by atoms with Crippen LogP contribution in [-0.2, 0) is 24.6 Å². The highest BCUT2D eigenvalue weighted by molar-refractivity contribution is 6.74. The maximum atomic E-state index is 13.4. The third-order valence-electron chi connectivity index (χ3n) is 10.1. The summed E-state index contributed by atoms with van der Waals surface area (Å²) in [4.78, 5) is 12.9. The van der Waals surface area contributed by atoms with E-state index in [1.165, 1.54) is 12.1 Å². The predicted molar refractivity (Wildman–Crippen MR) is 191 cm³/mol. The molecule has 1 aromatic rings. The maximum Gasteiger partial charge on any atom is 0.416 e. The number of esters is 1. The zero-order valence-corrected chi connectivity index (χ0v) is 32.0. The van der Waals surface area contributed by atoms with Gasteiger partial charge in [0, 0.05) is 24.7 Å². The number of hydrogen-bond donors (Lipinski definition) is 0. The molecule has 0 heterocycles. The molecule has 1 aliphatic carbocycles. The maximum absolute atomic E-state index is 13.4. The van der Waals surface area contributed by atoms with Gasteiger partial charge in [-0.1, -0.05) is 71.9 Å². The predicted octanol–water partition coefficient (Wildman–Crippen LogP) is 10.9. The Morgan fingerprint density at radius 3 is 2.26 bits per heavy atom. The average Bonchev–Trinajstić information content (AvgIpc) is 3.30. The number of halogens is 3. The van der Waals surface area contributed by atoms with Crippen molar-refractivity contribution in [3.05, 3.63) is 67.3 Å². The van der Waals surface area contributed by atoms with Crippen molar-refractivity contribution in [3.63, 3.8) is 0 Å². The van der Waals surface area contributed by atoms with Crippen LogP contribution in [0, 0.1) is 11.8 Å². The van der Waals surface area contributed by atoms with E-state index < -0.39 is 34.5 Å². The third-order valence-corrected chi connectivity index (χ3v) is 19.3. The van der Waals surface area contributed by atoms with Crippen molar-refractivity contribution < 1.29 is 36.3 Å². The van der Waals surface area contributed by atoms with Gasteiger partial charge in [-0.25, -0.2) is 0 Å². The van der Waals surface area contributed by atoms with E-state index in [0.717, 1.165) is 36.7 Å². The highest BCUT2D eigenvalue weighted by Crippen LogP contribution is 2.45. The van der Waals surface area contributed by atoms with Gasteiger partial charge in [-0.3, -0.25) is 4.79 Å². The average molecular weight is 697 g/mol. The van der Waals surface area contributed by atoms with Crippen LogP contribution >= 0.6 is 0 Å². The second-order valence-corrected chi connectivity index (χ2v) is 23.7. The third kappa shape index (κ3) is 12.0. The molecule has 0 spiro atoms. The number of hydrogen-bond acceptors (Lipinski definition) is 5. The topological polar surface area (TPSA) is 54.0 Å². The fourth-order valence-electron chi connectivity index (χ4n) is 5.93. The van der Waals surface area contributed by atoms with Gasteiger partial charge in [-0.15, -0.1) is 13.2 Å². The highest BCUT2D eigenvalue weighted by Gasteiger charge is 2.48. The van der Waals surface area contributed by atoms with Crippen molar-refractivity contribution in [2.24, 2.45) is 11.8 Å². The minimum absolute atomic E-state index is 0.0202. The van der Waals surface area contributed by atoms with Gasteiger partial charge >= 0.3 is 12.1 Å². The van der Waals surface area contributed by atoms with E-state index in [1.807, 2.05) is 12.2 Å². The molecule has 0 saturated heterocycles. The van der Waals surface area contributed by atoms with E-state index in [2.05, 4.69) is 73.9 Å². The van der Waals surface area contributed by atoms with Crippen molar-refractivity contribution in [1.29, 1.82) is 0 Å². The Bertz CT molecular complexity index is 1160. The minimum Gasteiger partial charge on any atom is -0.491 e. The van der Waals surface area contributed by atoms with Crippen LogP contribution in [0.3, 0.4) is 0 Å². The first-order chi connectivity index (χ1) is 22.0. The molecule has 1 saturated carbocycles. The summed E-state index contributed by atoms with van der Waals surface area (Å²) >= 11 is 0. The lowest BCUT2D eigenvalue weighted by Gasteiger charge is -2.40. The molecule has 1 aliphatic rings. The molecular weight excluding hydrogens is 638 g/mol. The number of ether oxygens (including phenoxy) is 2. The molecule has 0 aliphatic heterocycles. The van der Waals surface area contributed by atoms with Crippen LogP contribution in [0.4, 0.5) is 13.2 Å². The van der Waals surface area contributed by atoms with Gasteiger partial charge in [0.2, 0.25) is 0 Å². The van der Waals surface area contributed by atoms with Crippen LogP contribution in [-0.4, -0.2) is 47.5 Å². The summed E-state index contributed by atoms with van der Waals surface area (Å²) in [5.41, 5.74) is -0.753. The Kier molecular flexibility index (Phi) is 15.7. The number of rotatable bonds is 19. The zero-order chi connectivity index (χ0) is 35.5. The van der Waals surface area contributed by atoms with Crippen molar-refractivity contribution in [3.8, 4) is 5.75 Å². The first-order valence-electron chi connectivity index (χ1n) is 17.2. The van der Waals surface area contributed by atoms with Gasteiger partial charge in [0.1, 0.15) is 18.5 Å². The summed E-state index contributed by atoms with van der Waals surface area (Å²) in [6, 6.07) is 7.70. The highest BCUT2D eigenvalue weighted by atomic mass is 28.4. The lowest BCUT2D eigenvalue weighted by molar-refractivity contribution is -0.151. The normalized spacial score (nSPS) is 21.5. The van der Waals surface area contributed by atoms with Gasteiger partial charge in [-0.2, -0.15) is 13.2 Å². The monoisotopic (exact) mass is 696 g/mol. The quantitative estimate of drug-likeness (QED) is 0.0624. The largest absolute Gasteiger partial charge is 0.491 e. The second kappa shape index (κ2) is 18.0. The Morgan fingerprint density at radius 2 is 1.70 bits per heavy atom. The summed E-state index contributed by atoms with van der Waals surface area (Å²) in [6.45, 7) is 25.3. The van der Waals surface area contributed by atoms with Gasteiger partial charge in [0.25, 0.3) is 0 Å². The molecule has 1 fully saturated rings. The van der Waals surface area contributed by atoms with Crippen LogP contribution in [0.2, 0.25) is 36.3 Å². The summed E-state index contributed by atoms with van der Waals surface area (Å²) in [5.74, 6) is -0.209. The van der Waals surface area contributed by atoms with Crippen molar-refractivity contribution in [2.45, 2.75) is 134 Å². The van der Waals surface area contributed by atoms with E-state index >= 15 is 0 Å². The lowest BCUT2D eigenvalue weighted by atomic mass is 9.90. The molecular formula is C37H59F3O5Si2. The number of carbonyl (C=O) groups excluding carboxylic acids is 1. The molecule has 266 valence electrons. The molecule has 2 rings (SSSR count). The van der Waals surface area contributed by atoms with Crippen LogP contribution in [0.25, 0.3) is 0 Å². The molecule has 5 atom stereocenters. The molecule has 47 heavy (non-hydrogen) atoms. The molecule has 5 nitrogen and oxygen atoms in total. The number of alkyl halides is 3. The summed E-state index contributed by atoms with van der Waals surface area (Å²) in [5, 5.41) is -0.0202. The Morgan fingerprint density at radius 1 is 1.04 bits per heavy atom. The smallest absolute Gasteiger partial charge is 0.416 e. The minimum atomic E-state index is -4.46. The Labute approximate surface area is 284 Å². The number of allylic oxidation sites excluding steroid dienone is 2. The van der Waals surface area contributed by atoms with Crippen LogP contribution in [0.15, 0.2) is 61.7 Å². The van der Waals surface area contributed by atoms with Crippen LogP contribution in [0.5, 0.6) is 5.75 Å². The van der Waals surface area contributed by atoms with Crippen molar-refractivity contribution in [1.82, 2.24) is 0 Å². The summed E-state index contributed by atoms with van der Waals surface area (Å²) < 4.78 is 66.1.